The second-order valence-corrected chi connectivity index (χ2v) is 19.4. The number of ether oxygens (including phenoxy) is 2. The molecule has 6 rings (SSSR count). The first-order valence-corrected chi connectivity index (χ1v) is 21.5. The molecule has 16 heteroatoms. The van der Waals surface area contributed by atoms with Gasteiger partial charge in [0, 0.05) is 40.3 Å². The zero-order valence-electron chi connectivity index (χ0n) is 30.0. The number of hydrogen-bond acceptors (Lipinski definition) is 10. The predicted molar refractivity (Wildman–Crippen MR) is 201 cm³/mol. The van der Waals surface area contributed by atoms with Crippen LogP contribution in [-0.4, -0.2) is 107 Å². The molecule has 1 spiro atoms. The SMILES string of the molecule is C[C@@H]1[C@@H]([Si](C)(C)F)[C@H](CC(=O)N(CCO)Cc2ccccc2)O[C@@]12C(=O)N(Cc1ccc(NC(=O)[C@H]3O[C@@H](O)[C@H](O)[C@@H](O)[C@@H]3O)cc1)c1ccc(Br)cc12. The second kappa shape index (κ2) is 15.9. The number of carbonyl (C=O) groups excluding carboxylic acids is 3. The fraction of sp³-hybridized carbons (Fsp3) is 0.447. The molecule has 0 aliphatic carbocycles. The van der Waals surface area contributed by atoms with E-state index in [0.717, 1.165) is 5.56 Å². The normalized spacial score (nSPS) is 29.4. The molecule has 0 aromatic heterocycles. The molecule has 290 valence electrons. The van der Waals surface area contributed by atoms with Gasteiger partial charge in [0.05, 0.1) is 31.4 Å². The number of benzene rings is 3. The van der Waals surface area contributed by atoms with Gasteiger partial charge in [0.1, 0.15) is 18.3 Å². The van der Waals surface area contributed by atoms with Crippen molar-refractivity contribution in [2.45, 2.75) is 87.5 Å². The molecule has 0 radical (unpaired) electrons. The maximum Gasteiger partial charge on any atom is 0.264 e. The van der Waals surface area contributed by atoms with Gasteiger partial charge in [-0.3, -0.25) is 14.4 Å². The number of nitrogens with zero attached hydrogens (tertiary/aromatic N) is 2. The highest BCUT2D eigenvalue weighted by molar-refractivity contribution is 9.10. The van der Waals surface area contributed by atoms with Crippen LogP contribution >= 0.6 is 15.9 Å². The van der Waals surface area contributed by atoms with Crippen molar-refractivity contribution in [2.24, 2.45) is 5.92 Å². The minimum Gasteiger partial charge on any atom is -0.395 e. The number of nitrogens with one attached hydrogen (secondary N) is 1. The van der Waals surface area contributed by atoms with E-state index < -0.39 is 74.1 Å². The first-order chi connectivity index (χ1) is 25.6. The number of amides is 3. The summed E-state index contributed by atoms with van der Waals surface area (Å²) < 4.78 is 28.9. The monoisotopic (exact) mass is 829 g/mol. The number of halogens is 2. The average Bonchev–Trinajstić information content (AvgIpc) is 3.55. The van der Waals surface area contributed by atoms with Crippen LogP contribution in [0.5, 0.6) is 0 Å². The Labute approximate surface area is 321 Å². The number of rotatable bonds is 11. The summed E-state index contributed by atoms with van der Waals surface area (Å²) in [6.07, 6.45) is -9.97. The van der Waals surface area contributed by atoms with Crippen molar-refractivity contribution in [3.05, 3.63) is 94.0 Å². The third-order valence-corrected chi connectivity index (χ3v) is 13.6. The summed E-state index contributed by atoms with van der Waals surface area (Å²) in [5, 5.41) is 52.1. The Bertz CT molecular complexity index is 1850. The lowest BCUT2D eigenvalue weighted by Gasteiger charge is -2.37. The fourth-order valence-corrected chi connectivity index (χ4v) is 10.9. The smallest absolute Gasteiger partial charge is 0.264 e. The lowest BCUT2D eigenvalue weighted by atomic mass is 9.82. The number of hydrogen-bond donors (Lipinski definition) is 6. The highest BCUT2D eigenvalue weighted by Crippen LogP contribution is 2.60. The molecule has 54 heavy (non-hydrogen) atoms. The number of fused-ring (bicyclic) bond motifs is 2. The highest BCUT2D eigenvalue weighted by Gasteiger charge is 2.67. The Morgan fingerprint density at radius 2 is 1.67 bits per heavy atom. The summed E-state index contributed by atoms with van der Waals surface area (Å²) in [5.74, 6) is -2.20. The third-order valence-electron chi connectivity index (χ3n) is 10.6. The molecule has 9 atom stereocenters. The van der Waals surface area contributed by atoms with Crippen LogP contribution in [0, 0.1) is 5.92 Å². The first-order valence-electron chi connectivity index (χ1n) is 17.8. The van der Waals surface area contributed by atoms with Gasteiger partial charge >= 0.3 is 0 Å². The Kier molecular flexibility index (Phi) is 11.8. The molecule has 3 aromatic carbocycles. The van der Waals surface area contributed by atoms with E-state index in [4.69, 9.17) is 9.47 Å². The van der Waals surface area contributed by atoms with Crippen LogP contribution in [0.2, 0.25) is 18.6 Å². The Hall–Kier alpha value is -3.58. The van der Waals surface area contributed by atoms with E-state index in [0.29, 0.717) is 27.0 Å². The van der Waals surface area contributed by atoms with Gasteiger partial charge in [-0.25, -0.2) is 0 Å². The summed E-state index contributed by atoms with van der Waals surface area (Å²) in [6.45, 7) is 5.12. The van der Waals surface area contributed by atoms with Gasteiger partial charge in [0.2, 0.25) is 14.3 Å². The van der Waals surface area contributed by atoms with Crippen LogP contribution in [0.1, 0.15) is 30.0 Å². The lowest BCUT2D eigenvalue weighted by molar-refractivity contribution is -0.274. The Balaban J connectivity index is 1.24. The van der Waals surface area contributed by atoms with Gasteiger partial charge in [-0.2, -0.15) is 0 Å². The van der Waals surface area contributed by atoms with E-state index in [1.807, 2.05) is 37.3 Å². The van der Waals surface area contributed by atoms with E-state index in [-0.39, 0.29) is 38.6 Å². The second-order valence-electron chi connectivity index (χ2n) is 14.7. The van der Waals surface area contributed by atoms with Crippen LogP contribution < -0.4 is 10.2 Å². The van der Waals surface area contributed by atoms with Gasteiger partial charge in [-0.1, -0.05) is 65.3 Å². The average molecular weight is 831 g/mol. The fourth-order valence-electron chi connectivity index (χ4n) is 8.06. The lowest BCUT2D eigenvalue weighted by Crippen LogP contribution is -2.60. The van der Waals surface area contributed by atoms with Crippen LogP contribution in [0.25, 0.3) is 0 Å². The van der Waals surface area contributed by atoms with E-state index in [1.54, 1.807) is 60.5 Å². The summed E-state index contributed by atoms with van der Waals surface area (Å²) >= 11 is 3.53. The molecule has 6 N–H and O–H groups in total. The van der Waals surface area contributed by atoms with E-state index in [9.17, 15) is 39.9 Å². The first kappa shape index (κ1) is 40.1. The zero-order chi connectivity index (χ0) is 39.1. The molecule has 3 aliphatic rings. The predicted octanol–water partition coefficient (Wildman–Crippen LogP) is 2.92. The molecule has 0 bridgehead atoms. The van der Waals surface area contributed by atoms with Crippen LogP contribution in [0.4, 0.5) is 15.5 Å². The van der Waals surface area contributed by atoms with Crippen molar-refractivity contribution in [2.75, 3.05) is 23.4 Å². The van der Waals surface area contributed by atoms with E-state index in [1.165, 1.54) is 4.90 Å². The maximum absolute atomic E-state index is 16.4. The third kappa shape index (κ3) is 7.63. The van der Waals surface area contributed by atoms with E-state index in [2.05, 4.69) is 21.2 Å². The van der Waals surface area contributed by atoms with Crippen molar-refractivity contribution in [3.8, 4) is 0 Å². The van der Waals surface area contributed by atoms with Crippen molar-refractivity contribution >= 4 is 53.4 Å². The quantitative estimate of drug-likeness (QED) is 0.124. The molecule has 2 saturated heterocycles. The number of aliphatic hydroxyl groups excluding tert-OH is 5. The van der Waals surface area contributed by atoms with Gasteiger partial charge < -0.3 is 54.2 Å². The van der Waals surface area contributed by atoms with Crippen molar-refractivity contribution in [3.63, 3.8) is 0 Å². The molecule has 3 heterocycles. The van der Waals surface area contributed by atoms with Crippen molar-refractivity contribution in [1.29, 1.82) is 0 Å². The number of carbonyl (C=O) groups is 3. The van der Waals surface area contributed by atoms with Gasteiger partial charge in [0.15, 0.2) is 18.0 Å². The number of aliphatic hydroxyl groups is 5. The van der Waals surface area contributed by atoms with Crippen LogP contribution in [0.15, 0.2) is 77.3 Å². The Morgan fingerprint density at radius 1 is 0.981 bits per heavy atom. The molecule has 0 saturated carbocycles. The summed E-state index contributed by atoms with van der Waals surface area (Å²) in [4.78, 5) is 44.6. The standard InChI is InChI=1S/C38H45BrFN3O10Si/c1-21-34(54(2,3)40)28(18-29(45)42(15-16-44)19-22-7-5-4-6-8-22)53-38(21)26-17-24(39)11-14-27(26)43(37(38)51)20-23-9-12-25(13-10-23)41-35(49)33-31(47)30(46)32(48)36(50)52-33/h4-14,17,21,28,30-34,36,44,46-48,50H,15-16,18-20H2,1-3H3,(H,41,49)/t21-,28+,30+,31+,32-,33+,34-,36-,38+/m1/s1. The van der Waals surface area contributed by atoms with Gasteiger partial charge in [-0.15, -0.1) is 0 Å². The number of anilines is 2. The molecular formula is C38H45BrFN3O10Si. The molecule has 13 nitrogen and oxygen atoms in total. The molecule has 3 aromatic rings. The summed E-state index contributed by atoms with van der Waals surface area (Å²) in [5.41, 5.74) is 0.683. The minimum absolute atomic E-state index is 0.0832. The summed E-state index contributed by atoms with van der Waals surface area (Å²) in [7, 11) is -3.57. The van der Waals surface area contributed by atoms with Crippen LogP contribution in [0.3, 0.4) is 0 Å². The van der Waals surface area contributed by atoms with Crippen LogP contribution in [-0.2, 0) is 42.5 Å². The van der Waals surface area contributed by atoms with Gasteiger partial charge in [0.25, 0.3) is 11.8 Å². The zero-order valence-corrected chi connectivity index (χ0v) is 32.6. The highest BCUT2D eigenvalue weighted by atomic mass is 79.9. The molecular weight excluding hydrogens is 785 g/mol. The van der Waals surface area contributed by atoms with E-state index >= 15 is 4.11 Å². The largest absolute Gasteiger partial charge is 0.395 e. The summed E-state index contributed by atoms with van der Waals surface area (Å²) in [6, 6.07) is 21.3. The molecule has 2 fully saturated rings. The molecule has 3 aliphatic heterocycles. The minimum atomic E-state index is -3.57. The molecule has 0 unspecified atom stereocenters. The van der Waals surface area contributed by atoms with Crippen molar-refractivity contribution in [1.82, 2.24) is 4.90 Å². The topological polar surface area (TPSA) is 189 Å². The van der Waals surface area contributed by atoms with Crippen molar-refractivity contribution < 1.29 is 53.5 Å². The maximum atomic E-state index is 16.4. The molecule has 3 amide bonds. The van der Waals surface area contributed by atoms with Gasteiger partial charge in [-0.05, 0) is 54.6 Å². The Morgan fingerprint density at radius 3 is 2.31 bits per heavy atom.